The molecule has 1 aromatic carbocycles. The largest absolute Gasteiger partial charge is 0.377 e. The fourth-order valence-electron chi connectivity index (χ4n) is 1.48. The minimum atomic E-state index is 0.365. The topological polar surface area (TPSA) is 45.0 Å². The average Bonchev–Trinajstić information content (AvgIpc) is 2.11. The van der Waals surface area contributed by atoms with Gasteiger partial charge in [0.1, 0.15) is 6.07 Å². The Balaban J connectivity index is 2.23. The molecule has 0 spiro atoms. The van der Waals surface area contributed by atoms with E-state index in [9.17, 15) is 0 Å². The van der Waals surface area contributed by atoms with Crippen LogP contribution in [0.25, 0.3) is 0 Å². The maximum atomic E-state index is 8.98. The third-order valence-corrected chi connectivity index (χ3v) is 2.38. The molecule has 3 heteroatoms. The highest BCUT2D eigenvalue weighted by atomic mass is 16.5. The normalized spacial score (nSPS) is 15.7. The first-order valence-corrected chi connectivity index (χ1v) is 4.65. The van der Waals surface area contributed by atoms with Crippen molar-refractivity contribution in [3.05, 3.63) is 29.3 Å². The molecule has 0 amide bonds. The van der Waals surface area contributed by atoms with Crippen LogP contribution in [0.2, 0.25) is 0 Å². The molecule has 0 bridgehead atoms. The molecule has 1 heterocycles. The van der Waals surface area contributed by atoms with Gasteiger partial charge in [-0.3, -0.25) is 0 Å². The molecule has 0 unspecified atom stereocenters. The Morgan fingerprint density at radius 1 is 1.50 bits per heavy atom. The number of ether oxygens (including phenoxy) is 1. The zero-order chi connectivity index (χ0) is 9.97. The third-order valence-electron chi connectivity index (χ3n) is 2.38. The maximum absolute atomic E-state index is 8.98. The van der Waals surface area contributed by atoms with Crippen LogP contribution >= 0.6 is 0 Å². The van der Waals surface area contributed by atoms with Crippen LogP contribution in [0.4, 0.5) is 5.69 Å². The molecular weight excluding hydrogens is 176 g/mol. The maximum Gasteiger partial charge on any atom is 0.102 e. The molecule has 1 saturated heterocycles. The van der Waals surface area contributed by atoms with Gasteiger partial charge in [-0.05, 0) is 18.6 Å². The van der Waals surface area contributed by atoms with Crippen molar-refractivity contribution in [2.75, 3.05) is 18.5 Å². The molecule has 1 aromatic rings. The van der Waals surface area contributed by atoms with E-state index in [0.717, 1.165) is 30.0 Å². The third kappa shape index (κ3) is 1.57. The highest BCUT2D eigenvalue weighted by Gasteiger charge is 2.19. The van der Waals surface area contributed by atoms with E-state index in [-0.39, 0.29) is 0 Å². The summed E-state index contributed by atoms with van der Waals surface area (Å²) in [5.74, 6) is 0. The summed E-state index contributed by atoms with van der Waals surface area (Å²) in [6, 6.07) is 8.42. The van der Waals surface area contributed by atoms with Gasteiger partial charge in [-0.2, -0.15) is 5.26 Å². The Hall–Kier alpha value is -1.53. The van der Waals surface area contributed by atoms with Crippen molar-refractivity contribution in [2.45, 2.75) is 13.0 Å². The summed E-state index contributed by atoms with van der Waals surface area (Å²) in [6.07, 6.45) is 0. The predicted octanol–water partition coefficient (Wildman–Crippen LogP) is 1.68. The fraction of sp³-hybridized carbons (Fsp3) is 0.364. The number of nitriles is 1. The summed E-state index contributed by atoms with van der Waals surface area (Å²) in [5.41, 5.74) is 2.66. The van der Waals surface area contributed by atoms with Crippen molar-refractivity contribution >= 4 is 5.69 Å². The van der Waals surface area contributed by atoms with Crippen LogP contribution in [-0.2, 0) is 4.74 Å². The number of benzene rings is 1. The van der Waals surface area contributed by atoms with Crippen molar-refractivity contribution in [3.8, 4) is 6.07 Å². The molecule has 2 rings (SSSR count). The van der Waals surface area contributed by atoms with Crippen LogP contribution in [0.3, 0.4) is 0 Å². The molecule has 0 aliphatic carbocycles. The number of nitrogens with one attached hydrogen (secondary N) is 1. The van der Waals surface area contributed by atoms with Crippen LogP contribution in [-0.4, -0.2) is 19.3 Å². The first-order chi connectivity index (χ1) is 6.81. The fourth-order valence-corrected chi connectivity index (χ4v) is 1.48. The summed E-state index contributed by atoms with van der Waals surface area (Å²) in [4.78, 5) is 0. The molecule has 0 aromatic heterocycles. The monoisotopic (exact) mass is 188 g/mol. The molecule has 3 nitrogen and oxygen atoms in total. The highest BCUT2D eigenvalue weighted by Crippen LogP contribution is 2.20. The summed E-state index contributed by atoms with van der Waals surface area (Å²) in [5, 5.41) is 12.3. The molecule has 1 N–H and O–H groups in total. The van der Waals surface area contributed by atoms with Crippen molar-refractivity contribution in [2.24, 2.45) is 0 Å². The van der Waals surface area contributed by atoms with Gasteiger partial charge in [-0.25, -0.2) is 0 Å². The Kier molecular flexibility index (Phi) is 2.38. The molecular formula is C11H12N2O. The van der Waals surface area contributed by atoms with Crippen molar-refractivity contribution in [1.82, 2.24) is 0 Å². The van der Waals surface area contributed by atoms with Gasteiger partial charge in [0.05, 0.1) is 30.5 Å². The molecule has 1 aliphatic heterocycles. The van der Waals surface area contributed by atoms with E-state index in [2.05, 4.69) is 11.4 Å². The van der Waals surface area contributed by atoms with Gasteiger partial charge in [0.15, 0.2) is 0 Å². The summed E-state index contributed by atoms with van der Waals surface area (Å²) < 4.78 is 5.07. The molecule has 0 saturated carbocycles. The van der Waals surface area contributed by atoms with Crippen molar-refractivity contribution in [1.29, 1.82) is 5.26 Å². The lowest BCUT2D eigenvalue weighted by Crippen LogP contribution is -2.40. The van der Waals surface area contributed by atoms with Crippen LogP contribution in [0.15, 0.2) is 18.2 Å². The number of nitrogens with zero attached hydrogens (tertiary/aromatic N) is 1. The summed E-state index contributed by atoms with van der Waals surface area (Å²) in [6.45, 7) is 3.42. The van der Waals surface area contributed by atoms with Gasteiger partial charge in [-0.1, -0.05) is 12.1 Å². The van der Waals surface area contributed by atoms with Gasteiger partial charge in [0, 0.05) is 0 Å². The van der Waals surface area contributed by atoms with Crippen LogP contribution < -0.4 is 5.32 Å². The van der Waals surface area contributed by atoms with Gasteiger partial charge >= 0.3 is 0 Å². The SMILES string of the molecule is Cc1cccc(NC2COC2)c1C#N. The number of rotatable bonds is 2. The Morgan fingerprint density at radius 2 is 2.29 bits per heavy atom. The first-order valence-electron chi connectivity index (χ1n) is 4.65. The van der Waals surface area contributed by atoms with E-state index in [1.165, 1.54) is 0 Å². The predicted molar refractivity (Wildman–Crippen MR) is 54.1 cm³/mol. The number of hydrogen-bond donors (Lipinski definition) is 1. The number of hydrogen-bond acceptors (Lipinski definition) is 3. The quantitative estimate of drug-likeness (QED) is 0.768. The number of aryl methyl sites for hydroxylation is 1. The van der Waals surface area contributed by atoms with Gasteiger partial charge in [0.25, 0.3) is 0 Å². The Bertz CT molecular complexity index is 377. The molecule has 0 atom stereocenters. The zero-order valence-corrected chi connectivity index (χ0v) is 8.08. The van der Waals surface area contributed by atoms with E-state index in [1.807, 2.05) is 25.1 Å². The van der Waals surface area contributed by atoms with Crippen molar-refractivity contribution in [3.63, 3.8) is 0 Å². The standard InChI is InChI=1S/C11H12N2O/c1-8-3-2-4-11(10(8)5-12)13-9-6-14-7-9/h2-4,9,13H,6-7H2,1H3. The second-order valence-electron chi connectivity index (χ2n) is 3.49. The molecule has 14 heavy (non-hydrogen) atoms. The van der Waals surface area contributed by atoms with Crippen LogP contribution in [0.5, 0.6) is 0 Å². The van der Waals surface area contributed by atoms with Gasteiger partial charge in [-0.15, -0.1) is 0 Å². The number of anilines is 1. The van der Waals surface area contributed by atoms with E-state index in [4.69, 9.17) is 10.00 Å². The second kappa shape index (κ2) is 3.69. The first kappa shape index (κ1) is 9.04. The van der Waals surface area contributed by atoms with Gasteiger partial charge in [0.2, 0.25) is 0 Å². The Morgan fingerprint density at radius 3 is 2.86 bits per heavy atom. The highest BCUT2D eigenvalue weighted by molar-refractivity contribution is 5.61. The second-order valence-corrected chi connectivity index (χ2v) is 3.49. The van der Waals surface area contributed by atoms with E-state index < -0.39 is 0 Å². The van der Waals surface area contributed by atoms with Gasteiger partial charge < -0.3 is 10.1 Å². The smallest absolute Gasteiger partial charge is 0.102 e. The summed E-state index contributed by atoms with van der Waals surface area (Å²) in [7, 11) is 0. The lowest BCUT2D eigenvalue weighted by atomic mass is 10.1. The average molecular weight is 188 g/mol. The Labute approximate surface area is 83.3 Å². The zero-order valence-electron chi connectivity index (χ0n) is 8.08. The molecule has 1 fully saturated rings. The minimum absolute atomic E-state index is 0.365. The van der Waals surface area contributed by atoms with E-state index in [0.29, 0.717) is 6.04 Å². The molecule has 1 aliphatic rings. The molecule has 0 radical (unpaired) electrons. The van der Waals surface area contributed by atoms with E-state index in [1.54, 1.807) is 0 Å². The molecule has 72 valence electrons. The minimum Gasteiger partial charge on any atom is -0.377 e. The summed E-state index contributed by atoms with van der Waals surface area (Å²) >= 11 is 0. The van der Waals surface area contributed by atoms with Crippen molar-refractivity contribution < 1.29 is 4.74 Å². The van der Waals surface area contributed by atoms with E-state index >= 15 is 0 Å². The lowest BCUT2D eigenvalue weighted by molar-refractivity contribution is 0.0211. The lowest BCUT2D eigenvalue weighted by Gasteiger charge is -2.28. The van der Waals surface area contributed by atoms with Crippen LogP contribution in [0, 0.1) is 18.3 Å². The van der Waals surface area contributed by atoms with Crippen LogP contribution in [0.1, 0.15) is 11.1 Å².